The van der Waals surface area contributed by atoms with Crippen LogP contribution in [0.2, 0.25) is 0 Å². The SMILES string of the molecule is CCOC1=CC(c2ccc(CC(=O)Nc3cc(-c4cnn(C)c4)cc(C(F)(F)F)c3)c(F)c2)=CCC1=O. The van der Waals surface area contributed by atoms with Gasteiger partial charge in [0.1, 0.15) is 5.82 Å². The maximum Gasteiger partial charge on any atom is 0.416 e. The summed E-state index contributed by atoms with van der Waals surface area (Å²) in [6.07, 6.45) is 1.30. The first kappa shape index (κ1) is 25.9. The van der Waals surface area contributed by atoms with Crippen molar-refractivity contribution in [1.82, 2.24) is 9.78 Å². The van der Waals surface area contributed by atoms with Crippen LogP contribution in [0.4, 0.5) is 23.2 Å². The van der Waals surface area contributed by atoms with Crippen molar-refractivity contribution < 1.29 is 31.9 Å². The van der Waals surface area contributed by atoms with Crippen LogP contribution in [0.1, 0.15) is 30.0 Å². The molecule has 1 heterocycles. The molecule has 0 bridgehead atoms. The molecule has 37 heavy (non-hydrogen) atoms. The second-order valence-electron chi connectivity index (χ2n) is 8.46. The van der Waals surface area contributed by atoms with E-state index >= 15 is 0 Å². The molecule has 1 aliphatic carbocycles. The summed E-state index contributed by atoms with van der Waals surface area (Å²) in [6, 6.07) is 7.50. The summed E-state index contributed by atoms with van der Waals surface area (Å²) in [7, 11) is 1.64. The number of allylic oxidation sites excluding steroid dienone is 4. The van der Waals surface area contributed by atoms with Gasteiger partial charge in [-0.1, -0.05) is 18.2 Å². The lowest BCUT2D eigenvalue weighted by Gasteiger charge is -2.15. The highest BCUT2D eigenvalue weighted by Gasteiger charge is 2.31. The first-order chi connectivity index (χ1) is 17.5. The normalized spacial score (nSPS) is 13.7. The number of benzene rings is 2. The van der Waals surface area contributed by atoms with E-state index in [9.17, 15) is 27.2 Å². The van der Waals surface area contributed by atoms with Crippen LogP contribution >= 0.6 is 0 Å². The number of rotatable bonds is 7. The molecule has 0 aliphatic heterocycles. The Hall–Kier alpha value is -4.21. The zero-order chi connectivity index (χ0) is 26.7. The third-order valence-corrected chi connectivity index (χ3v) is 5.69. The predicted octanol–water partition coefficient (Wildman–Crippen LogP) is 5.70. The Balaban J connectivity index is 1.53. The van der Waals surface area contributed by atoms with Crippen molar-refractivity contribution in [3.63, 3.8) is 0 Å². The molecular weight excluding hydrogens is 490 g/mol. The minimum absolute atomic E-state index is 0.0682. The molecule has 3 aromatic rings. The number of aromatic nitrogens is 2. The fraction of sp³-hybridized carbons (Fsp3) is 0.222. The van der Waals surface area contributed by atoms with E-state index in [1.807, 2.05) is 0 Å². The smallest absolute Gasteiger partial charge is 0.416 e. The van der Waals surface area contributed by atoms with E-state index in [0.29, 0.717) is 23.3 Å². The number of amides is 1. The number of ketones is 1. The van der Waals surface area contributed by atoms with Gasteiger partial charge < -0.3 is 10.1 Å². The summed E-state index contributed by atoms with van der Waals surface area (Å²) >= 11 is 0. The van der Waals surface area contributed by atoms with Crippen molar-refractivity contribution in [2.45, 2.75) is 25.9 Å². The zero-order valence-electron chi connectivity index (χ0n) is 20.0. The lowest BCUT2D eigenvalue weighted by atomic mass is 9.96. The van der Waals surface area contributed by atoms with Gasteiger partial charge in [-0.2, -0.15) is 18.3 Å². The maximum absolute atomic E-state index is 14.9. The Morgan fingerprint density at radius 2 is 1.92 bits per heavy atom. The number of Topliss-reactive ketones (excluding diaryl/α,β-unsaturated/α-hetero) is 1. The van der Waals surface area contributed by atoms with Crippen LogP contribution in [0.3, 0.4) is 0 Å². The van der Waals surface area contributed by atoms with Crippen molar-refractivity contribution in [3.05, 3.63) is 89.2 Å². The average molecular weight is 513 g/mol. The molecule has 1 aromatic heterocycles. The quantitative estimate of drug-likeness (QED) is 0.411. The number of ether oxygens (including phenoxy) is 1. The minimum Gasteiger partial charge on any atom is -0.490 e. The number of hydrogen-bond donors (Lipinski definition) is 1. The van der Waals surface area contributed by atoms with Gasteiger partial charge in [-0.25, -0.2) is 4.39 Å². The van der Waals surface area contributed by atoms with Crippen LogP contribution in [0.15, 0.2) is 66.7 Å². The Labute approximate surface area is 210 Å². The fourth-order valence-electron chi connectivity index (χ4n) is 3.91. The summed E-state index contributed by atoms with van der Waals surface area (Å²) in [5.74, 6) is -1.29. The molecule has 10 heteroatoms. The predicted molar refractivity (Wildman–Crippen MR) is 130 cm³/mol. The van der Waals surface area contributed by atoms with Gasteiger partial charge in [0.15, 0.2) is 5.76 Å². The van der Waals surface area contributed by atoms with E-state index in [0.717, 1.165) is 12.1 Å². The first-order valence-electron chi connectivity index (χ1n) is 11.4. The Morgan fingerprint density at radius 1 is 1.14 bits per heavy atom. The molecule has 0 saturated carbocycles. The molecule has 4 rings (SSSR count). The highest BCUT2D eigenvalue weighted by molar-refractivity contribution is 6.01. The molecule has 192 valence electrons. The lowest BCUT2D eigenvalue weighted by molar-refractivity contribution is -0.137. The van der Waals surface area contributed by atoms with Gasteiger partial charge in [-0.05, 0) is 59.5 Å². The number of hydrogen-bond acceptors (Lipinski definition) is 4. The Kier molecular flexibility index (Phi) is 7.28. The van der Waals surface area contributed by atoms with E-state index in [-0.39, 0.29) is 41.2 Å². The molecule has 0 atom stereocenters. The number of carbonyl (C=O) groups is 2. The van der Waals surface area contributed by atoms with Gasteiger partial charge >= 0.3 is 6.18 Å². The van der Waals surface area contributed by atoms with Gasteiger partial charge in [0, 0.05) is 30.9 Å². The van der Waals surface area contributed by atoms with Gasteiger partial charge in [0.25, 0.3) is 0 Å². The van der Waals surface area contributed by atoms with E-state index in [1.165, 1.54) is 29.1 Å². The van der Waals surface area contributed by atoms with E-state index in [2.05, 4.69) is 10.4 Å². The average Bonchev–Trinajstić information content (AvgIpc) is 3.27. The highest BCUT2D eigenvalue weighted by Crippen LogP contribution is 2.35. The summed E-state index contributed by atoms with van der Waals surface area (Å²) < 4.78 is 62.0. The van der Waals surface area contributed by atoms with Crippen LogP contribution < -0.4 is 5.32 Å². The number of nitrogens with one attached hydrogen (secondary N) is 1. The fourth-order valence-corrected chi connectivity index (χ4v) is 3.91. The van der Waals surface area contributed by atoms with Crippen LogP contribution in [-0.4, -0.2) is 28.1 Å². The number of aryl methyl sites for hydroxylation is 1. The molecule has 6 nitrogen and oxygen atoms in total. The van der Waals surface area contributed by atoms with Crippen molar-refractivity contribution >= 4 is 23.0 Å². The second-order valence-corrected chi connectivity index (χ2v) is 8.46. The van der Waals surface area contributed by atoms with Crippen LogP contribution in [0, 0.1) is 5.82 Å². The van der Waals surface area contributed by atoms with Crippen LogP contribution in [-0.2, 0) is 34.0 Å². The zero-order valence-corrected chi connectivity index (χ0v) is 20.0. The Bertz CT molecular complexity index is 1420. The largest absolute Gasteiger partial charge is 0.490 e. The van der Waals surface area contributed by atoms with Gasteiger partial charge in [0.05, 0.1) is 24.8 Å². The maximum atomic E-state index is 14.9. The van der Waals surface area contributed by atoms with E-state index < -0.39 is 23.5 Å². The Morgan fingerprint density at radius 3 is 2.57 bits per heavy atom. The molecule has 0 unspecified atom stereocenters. The highest BCUT2D eigenvalue weighted by atomic mass is 19.4. The molecule has 1 aliphatic rings. The monoisotopic (exact) mass is 513 g/mol. The number of carbonyl (C=O) groups excluding carboxylic acids is 2. The van der Waals surface area contributed by atoms with Crippen LogP contribution in [0.5, 0.6) is 0 Å². The van der Waals surface area contributed by atoms with Crippen LogP contribution in [0.25, 0.3) is 16.7 Å². The number of nitrogens with zero attached hydrogens (tertiary/aromatic N) is 2. The van der Waals surface area contributed by atoms with E-state index in [1.54, 1.807) is 38.4 Å². The number of halogens is 4. The third-order valence-electron chi connectivity index (χ3n) is 5.69. The van der Waals surface area contributed by atoms with Gasteiger partial charge in [-0.15, -0.1) is 0 Å². The van der Waals surface area contributed by atoms with Crippen molar-refractivity contribution in [1.29, 1.82) is 0 Å². The standard InChI is InChI=1S/C27H23F4N3O3/c1-3-37-25-11-17(6-7-24(25)35)16-4-5-18(23(28)10-16)12-26(36)33-22-9-19(20-14-32-34(2)15-20)8-21(13-22)27(29,30)31/h4-6,8-11,13-15H,3,7,12H2,1-2H3,(H,33,36). The van der Waals surface area contributed by atoms with Gasteiger partial charge in [-0.3, -0.25) is 14.3 Å². The molecule has 0 saturated heterocycles. The second kappa shape index (κ2) is 10.4. The first-order valence-corrected chi connectivity index (χ1v) is 11.4. The van der Waals surface area contributed by atoms with Gasteiger partial charge in [0.2, 0.25) is 11.7 Å². The summed E-state index contributed by atoms with van der Waals surface area (Å²) in [4.78, 5) is 24.5. The summed E-state index contributed by atoms with van der Waals surface area (Å²) in [6.45, 7) is 2.08. The summed E-state index contributed by atoms with van der Waals surface area (Å²) in [5.41, 5.74) is 0.871. The number of anilines is 1. The van der Waals surface area contributed by atoms with Crippen molar-refractivity contribution in [2.75, 3.05) is 11.9 Å². The molecule has 0 spiro atoms. The molecule has 2 aromatic carbocycles. The van der Waals surface area contributed by atoms with E-state index in [4.69, 9.17) is 4.74 Å². The molecule has 0 radical (unpaired) electrons. The molecule has 1 amide bonds. The topological polar surface area (TPSA) is 73.2 Å². The summed E-state index contributed by atoms with van der Waals surface area (Å²) in [5, 5.41) is 6.42. The third kappa shape index (κ3) is 6.14. The minimum atomic E-state index is -4.63. The lowest BCUT2D eigenvalue weighted by Crippen LogP contribution is -2.16. The van der Waals surface area contributed by atoms with Crippen molar-refractivity contribution in [3.8, 4) is 11.1 Å². The number of alkyl halides is 3. The molecule has 1 N–H and O–H groups in total. The molecular formula is C27H23F4N3O3. The van der Waals surface area contributed by atoms with Crippen molar-refractivity contribution in [2.24, 2.45) is 7.05 Å². The molecule has 0 fully saturated rings.